The average Bonchev–Trinajstić information content (AvgIpc) is 2.72. The van der Waals surface area contributed by atoms with Crippen molar-refractivity contribution < 1.29 is 9.59 Å². The Kier molecular flexibility index (Phi) is 5.59. The quantitative estimate of drug-likeness (QED) is 0.918. The summed E-state index contributed by atoms with van der Waals surface area (Å²) in [6.07, 6.45) is 4.94. The lowest BCUT2D eigenvalue weighted by atomic mass is 9.96. The second-order valence-electron chi connectivity index (χ2n) is 6.38. The number of rotatable bonds is 4. The van der Waals surface area contributed by atoms with Crippen LogP contribution in [0.15, 0.2) is 48.8 Å². The van der Waals surface area contributed by atoms with E-state index in [2.05, 4.69) is 10.3 Å². The van der Waals surface area contributed by atoms with E-state index in [1.54, 1.807) is 48.8 Å². The van der Waals surface area contributed by atoms with E-state index in [0.29, 0.717) is 42.2 Å². The van der Waals surface area contributed by atoms with E-state index in [9.17, 15) is 9.59 Å². The maximum atomic E-state index is 12.4. The minimum atomic E-state index is -0.170. The summed E-state index contributed by atoms with van der Waals surface area (Å²) in [7, 11) is 0. The molecule has 0 aliphatic carbocycles. The minimum Gasteiger partial charge on any atom is -0.352 e. The summed E-state index contributed by atoms with van der Waals surface area (Å²) >= 11 is 0. The molecule has 132 valence electrons. The van der Waals surface area contributed by atoms with E-state index in [0.717, 1.165) is 12.8 Å². The zero-order valence-corrected chi connectivity index (χ0v) is 14.4. The topological polar surface area (TPSA) is 86.1 Å². The van der Waals surface area contributed by atoms with E-state index in [1.165, 1.54) is 0 Å². The van der Waals surface area contributed by atoms with E-state index >= 15 is 0 Å². The summed E-state index contributed by atoms with van der Waals surface area (Å²) in [5.41, 5.74) is 1.57. The van der Waals surface area contributed by atoms with E-state index in [1.807, 2.05) is 11.0 Å². The number of amides is 2. The number of carbonyl (C=O) groups is 2. The SMILES string of the molecule is N#Cc1cccc(C(=O)NCC2CCN(C(=O)c3cccnc3)CC2)c1. The molecule has 0 spiro atoms. The molecule has 6 nitrogen and oxygen atoms in total. The Hall–Kier alpha value is -3.20. The number of piperidine rings is 1. The highest BCUT2D eigenvalue weighted by Gasteiger charge is 2.24. The van der Waals surface area contributed by atoms with Gasteiger partial charge in [-0.3, -0.25) is 14.6 Å². The lowest BCUT2D eigenvalue weighted by Crippen LogP contribution is -2.41. The Labute approximate surface area is 152 Å². The third-order valence-electron chi connectivity index (χ3n) is 4.62. The first-order chi connectivity index (χ1) is 12.7. The first-order valence-corrected chi connectivity index (χ1v) is 8.65. The molecule has 0 unspecified atom stereocenters. The fraction of sp³-hybridized carbons (Fsp3) is 0.300. The van der Waals surface area contributed by atoms with Gasteiger partial charge in [-0.2, -0.15) is 5.26 Å². The van der Waals surface area contributed by atoms with Crippen molar-refractivity contribution in [3.8, 4) is 6.07 Å². The molecule has 1 fully saturated rings. The second kappa shape index (κ2) is 8.26. The van der Waals surface area contributed by atoms with Crippen LogP contribution in [0.4, 0.5) is 0 Å². The first-order valence-electron chi connectivity index (χ1n) is 8.65. The Morgan fingerprint density at radius 3 is 2.65 bits per heavy atom. The number of nitrogens with zero attached hydrogens (tertiary/aromatic N) is 3. The van der Waals surface area contributed by atoms with Gasteiger partial charge >= 0.3 is 0 Å². The smallest absolute Gasteiger partial charge is 0.255 e. The van der Waals surface area contributed by atoms with Gasteiger partial charge in [0, 0.05) is 37.6 Å². The summed E-state index contributed by atoms with van der Waals surface area (Å²) in [5.74, 6) is 0.181. The molecule has 2 heterocycles. The summed E-state index contributed by atoms with van der Waals surface area (Å²) < 4.78 is 0. The van der Waals surface area contributed by atoms with Crippen LogP contribution in [0.2, 0.25) is 0 Å². The van der Waals surface area contributed by atoms with Crippen LogP contribution >= 0.6 is 0 Å². The number of benzene rings is 1. The van der Waals surface area contributed by atoms with Crippen LogP contribution in [0, 0.1) is 17.2 Å². The number of hydrogen-bond donors (Lipinski definition) is 1. The molecule has 1 aliphatic heterocycles. The molecule has 1 aromatic carbocycles. The maximum Gasteiger partial charge on any atom is 0.255 e. The molecule has 1 N–H and O–H groups in total. The second-order valence-corrected chi connectivity index (χ2v) is 6.38. The standard InChI is InChI=1S/C20H20N4O2/c21-12-16-3-1-4-17(11-16)19(25)23-13-15-6-9-24(10-7-15)20(26)18-5-2-8-22-14-18/h1-5,8,11,14-15H,6-7,9-10,13H2,(H,23,25). The Balaban J connectivity index is 1.47. The third kappa shape index (κ3) is 4.25. The highest BCUT2D eigenvalue weighted by Crippen LogP contribution is 2.18. The molecule has 26 heavy (non-hydrogen) atoms. The van der Waals surface area contributed by atoms with E-state index in [4.69, 9.17) is 5.26 Å². The van der Waals surface area contributed by atoms with Crippen molar-refractivity contribution in [2.45, 2.75) is 12.8 Å². The normalized spacial score (nSPS) is 14.5. The van der Waals surface area contributed by atoms with Crippen LogP contribution in [0.1, 0.15) is 39.1 Å². The molecular formula is C20H20N4O2. The van der Waals surface area contributed by atoms with Gasteiger partial charge in [0.1, 0.15) is 0 Å². The van der Waals surface area contributed by atoms with Gasteiger partial charge in [0.15, 0.2) is 0 Å². The van der Waals surface area contributed by atoms with Gasteiger partial charge in [0.25, 0.3) is 11.8 Å². The number of carbonyl (C=O) groups excluding carboxylic acids is 2. The maximum absolute atomic E-state index is 12.4. The van der Waals surface area contributed by atoms with Crippen molar-refractivity contribution >= 4 is 11.8 Å². The lowest BCUT2D eigenvalue weighted by molar-refractivity contribution is 0.0684. The fourth-order valence-electron chi connectivity index (χ4n) is 3.08. The molecule has 0 bridgehead atoms. The minimum absolute atomic E-state index is 0.00824. The Morgan fingerprint density at radius 1 is 1.19 bits per heavy atom. The van der Waals surface area contributed by atoms with Gasteiger partial charge < -0.3 is 10.2 Å². The van der Waals surface area contributed by atoms with Crippen molar-refractivity contribution in [2.24, 2.45) is 5.92 Å². The average molecular weight is 348 g/mol. The highest BCUT2D eigenvalue weighted by atomic mass is 16.2. The van der Waals surface area contributed by atoms with E-state index < -0.39 is 0 Å². The molecule has 0 saturated carbocycles. The number of pyridine rings is 1. The molecule has 2 aromatic rings. The first kappa shape index (κ1) is 17.6. The van der Waals surface area contributed by atoms with Gasteiger partial charge in [0.05, 0.1) is 17.2 Å². The number of hydrogen-bond acceptors (Lipinski definition) is 4. The van der Waals surface area contributed by atoms with Gasteiger partial charge in [-0.25, -0.2) is 0 Å². The largest absolute Gasteiger partial charge is 0.352 e. The van der Waals surface area contributed by atoms with Crippen LogP contribution in [0.25, 0.3) is 0 Å². The van der Waals surface area contributed by atoms with Gasteiger partial charge in [-0.05, 0) is 49.1 Å². The molecule has 1 aromatic heterocycles. The van der Waals surface area contributed by atoms with E-state index in [-0.39, 0.29) is 11.8 Å². The lowest BCUT2D eigenvalue weighted by Gasteiger charge is -2.32. The highest BCUT2D eigenvalue weighted by molar-refractivity contribution is 5.94. The zero-order valence-electron chi connectivity index (χ0n) is 14.4. The molecule has 2 amide bonds. The van der Waals surface area contributed by atoms with Gasteiger partial charge in [0.2, 0.25) is 0 Å². The van der Waals surface area contributed by atoms with Crippen molar-refractivity contribution in [3.63, 3.8) is 0 Å². The monoisotopic (exact) mass is 348 g/mol. The van der Waals surface area contributed by atoms with Crippen LogP contribution in [0.3, 0.4) is 0 Å². The molecular weight excluding hydrogens is 328 g/mol. The van der Waals surface area contributed by atoms with Crippen LogP contribution < -0.4 is 5.32 Å². The predicted octanol–water partition coefficient (Wildman–Crippen LogP) is 2.24. The molecule has 1 saturated heterocycles. The summed E-state index contributed by atoms with van der Waals surface area (Å²) in [6.45, 7) is 1.93. The summed E-state index contributed by atoms with van der Waals surface area (Å²) in [4.78, 5) is 30.5. The number of nitriles is 1. The van der Waals surface area contributed by atoms with Crippen LogP contribution in [-0.2, 0) is 0 Å². The van der Waals surface area contributed by atoms with Crippen LogP contribution in [0.5, 0.6) is 0 Å². The summed E-state index contributed by atoms with van der Waals surface area (Å²) in [6, 6.07) is 12.2. The van der Waals surface area contributed by atoms with Crippen LogP contribution in [-0.4, -0.2) is 41.3 Å². The van der Waals surface area contributed by atoms with Crippen molar-refractivity contribution in [2.75, 3.05) is 19.6 Å². The number of nitrogens with one attached hydrogen (secondary N) is 1. The number of likely N-dealkylation sites (tertiary alicyclic amines) is 1. The summed E-state index contributed by atoms with van der Waals surface area (Å²) in [5, 5.41) is 11.8. The van der Waals surface area contributed by atoms with Crippen molar-refractivity contribution in [3.05, 3.63) is 65.5 Å². The van der Waals surface area contributed by atoms with Crippen molar-refractivity contribution in [1.29, 1.82) is 5.26 Å². The Bertz CT molecular complexity index is 821. The third-order valence-corrected chi connectivity index (χ3v) is 4.62. The van der Waals surface area contributed by atoms with Gasteiger partial charge in [-0.1, -0.05) is 6.07 Å². The zero-order chi connectivity index (χ0) is 18.4. The fourth-order valence-corrected chi connectivity index (χ4v) is 3.08. The molecule has 1 aliphatic rings. The van der Waals surface area contributed by atoms with Crippen molar-refractivity contribution in [1.82, 2.24) is 15.2 Å². The molecule has 3 rings (SSSR count). The molecule has 6 heteroatoms. The molecule has 0 atom stereocenters. The van der Waals surface area contributed by atoms with Gasteiger partial charge in [-0.15, -0.1) is 0 Å². The Morgan fingerprint density at radius 2 is 1.96 bits per heavy atom. The number of aromatic nitrogens is 1. The molecule has 0 radical (unpaired) electrons. The predicted molar refractivity (Wildman–Crippen MR) is 96.4 cm³/mol.